The predicted octanol–water partition coefficient (Wildman–Crippen LogP) is 2.00. The molecule has 6 heterocycles. The number of hydrogen-bond donors (Lipinski definition) is 1. The number of fused-ring (bicyclic) bond motifs is 8. The van der Waals surface area contributed by atoms with E-state index in [2.05, 4.69) is 29.9 Å². The highest BCUT2D eigenvalue weighted by molar-refractivity contribution is 6.17. The average molecular weight is 779 g/mol. The van der Waals surface area contributed by atoms with Crippen molar-refractivity contribution >= 4 is 44.9 Å². The topological polar surface area (TPSA) is 262 Å². The van der Waals surface area contributed by atoms with Gasteiger partial charge in [-0.05, 0) is 64.6 Å². The highest BCUT2D eigenvalue weighted by atomic mass is 16.6. The Hall–Kier alpha value is -7.20. The summed E-state index contributed by atoms with van der Waals surface area (Å²) in [7, 11) is 7.75. The number of benzene rings is 2. The molecule has 4 aromatic heterocycles. The minimum Gasteiger partial charge on any atom is -0.394 e. The molecule has 57 heavy (non-hydrogen) atoms. The summed E-state index contributed by atoms with van der Waals surface area (Å²) in [5.41, 5.74) is 0.939. The number of pyridine rings is 2. The number of rotatable bonds is 9. The van der Waals surface area contributed by atoms with Gasteiger partial charge in [-0.1, -0.05) is 5.16 Å². The molecule has 21 heteroatoms. The number of oxime groups is 1. The van der Waals surface area contributed by atoms with Crippen molar-refractivity contribution in [2.24, 2.45) is 11.1 Å². The molecule has 2 aliphatic rings. The van der Waals surface area contributed by atoms with Crippen molar-refractivity contribution in [3.8, 4) is 11.4 Å². The van der Waals surface area contributed by atoms with Crippen molar-refractivity contribution in [3.05, 3.63) is 137 Å². The fraction of sp³-hybridized carbons (Fsp3) is 0.222. The Morgan fingerprint density at radius 1 is 0.719 bits per heavy atom. The second-order valence-corrected chi connectivity index (χ2v) is 12.9. The van der Waals surface area contributed by atoms with Crippen molar-refractivity contribution in [2.45, 2.75) is 0 Å². The van der Waals surface area contributed by atoms with E-state index in [1.54, 1.807) is 30.5 Å². The van der Waals surface area contributed by atoms with Crippen molar-refractivity contribution in [3.63, 3.8) is 0 Å². The summed E-state index contributed by atoms with van der Waals surface area (Å²) in [5.74, 6) is 4.40. The third-order valence-electron chi connectivity index (χ3n) is 8.51. The molecule has 6 aromatic rings. The first-order valence-corrected chi connectivity index (χ1v) is 17.0. The number of aromatic nitrogens is 6. The van der Waals surface area contributed by atoms with Crippen LogP contribution in [0.2, 0.25) is 0 Å². The normalized spacial score (nSPS) is 12.8. The van der Waals surface area contributed by atoms with E-state index in [0.29, 0.717) is 42.1 Å². The van der Waals surface area contributed by atoms with Crippen LogP contribution in [-0.2, 0) is 9.68 Å². The highest BCUT2D eigenvalue weighted by Crippen LogP contribution is 2.31. The van der Waals surface area contributed by atoms with Crippen molar-refractivity contribution < 1.29 is 24.3 Å². The first kappa shape index (κ1) is 39.5. The lowest BCUT2D eigenvalue weighted by Crippen LogP contribution is -2.22. The maximum absolute atomic E-state index is 13.0. The molecule has 0 amide bonds. The molecule has 0 fully saturated rings. The number of carbonyl (C=O) groups excluding carboxylic acids is 1. The molecule has 2 N–H and O–H groups in total. The van der Waals surface area contributed by atoms with Gasteiger partial charge in [-0.2, -0.15) is 0 Å². The molecule has 21 nitrogen and oxygen atoms in total. The van der Waals surface area contributed by atoms with Crippen LogP contribution in [0.15, 0.2) is 87.8 Å². The zero-order chi connectivity index (χ0) is 41.0. The SMILES string of the molecule is CN(C)CCON.CN(C)CCON=C1c2cc([N+](=O)[O-])ccc2-n2c1nc1ncccc1c2=O.O=C1c2cc([N+](=O)[O-])ccc2-n2c1nc1ncccc1c2=O. The summed E-state index contributed by atoms with van der Waals surface area (Å²) in [6.07, 6.45) is 3.02. The van der Waals surface area contributed by atoms with Crippen LogP contribution in [0.4, 0.5) is 11.4 Å². The standard InChI is InChI=1S/C18H16N6O4.C14H6N4O4.C4H12N2O/c1-22(2)8-9-28-21-15-13-10-11(24(26)27)5-6-14(13)23-17(15)20-16-12(18(23)25)4-3-7-19-16;19-11-9-6-7(18(21)22)3-4-10(9)17-13(11)16-12-8(14(17)20)2-1-5-15-12;1-6(2)3-4-7-5/h3-7,10H,8-9H2,1-2H3;1-6H;3-5H2,1-2H3. The molecule has 0 saturated carbocycles. The van der Waals surface area contributed by atoms with E-state index in [-0.39, 0.29) is 56.5 Å². The average Bonchev–Trinajstić information content (AvgIpc) is 3.66. The van der Waals surface area contributed by atoms with Gasteiger partial charge in [-0.25, -0.2) is 25.8 Å². The van der Waals surface area contributed by atoms with E-state index in [1.165, 1.54) is 45.7 Å². The molecule has 292 valence electrons. The first-order chi connectivity index (χ1) is 27.3. The lowest BCUT2D eigenvalue weighted by molar-refractivity contribution is -0.385. The van der Waals surface area contributed by atoms with Gasteiger partial charge in [0.25, 0.3) is 22.5 Å². The lowest BCUT2D eigenvalue weighted by atomic mass is 10.1. The number of hydrogen-bond acceptors (Lipinski definition) is 17. The van der Waals surface area contributed by atoms with E-state index >= 15 is 0 Å². The molecule has 0 saturated heterocycles. The van der Waals surface area contributed by atoms with E-state index in [9.17, 15) is 34.6 Å². The van der Waals surface area contributed by atoms with Crippen LogP contribution in [0.1, 0.15) is 27.6 Å². The molecule has 8 rings (SSSR count). The molecular formula is C36H34N12O9. The fourth-order valence-electron chi connectivity index (χ4n) is 5.73. The van der Waals surface area contributed by atoms with Gasteiger partial charge >= 0.3 is 0 Å². The van der Waals surface area contributed by atoms with Crippen LogP contribution in [-0.4, -0.2) is 115 Å². The number of carbonyl (C=O) groups is 1. The van der Waals surface area contributed by atoms with Crippen LogP contribution in [0.5, 0.6) is 0 Å². The molecule has 0 spiro atoms. The monoisotopic (exact) mass is 778 g/mol. The van der Waals surface area contributed by atoms with Gasteiger partial charge in [0, 0.05) is 55.3 Å². The van der Waals surface area contributed by atoms with Crippen LogP contribution in [0.25, 0.3) is 33.4 Å². The summed E-state index contributed by atoms with van der Waals surface area (Å²) < 4.78 is 2.56. The summed E-state index contributed by atoms with van der Waals surface area (Å²) in [5, 5.41) is 26.8. The van der Waals surface area contributed by atoms with Crippen LogP contribution < -0.4 is 17.0 Å². The number of nitrogens with two attached hydrogens (primary N) is 1. The Morgan fingerprint density at radius 2 is 1.21 bits per heavy atom. The van der Waals surface area contributed by atoms with E-state index in [1.807, 2.05) is 38.0 Å². The van der Waals surface area contributed by atoms with Crippen LogP contribution in [0, 0.1) is 20.2 Å². The molecule has 0 atom stereocenters. The van der Waals surface area contributed by atoms with E-state index in [4.69, 9.17) is 10.7 Å². The Balaban J connectivity index is 0.000000169. The molecule has 2 aliphatic heterocycles. The largest absolute Gasteiger partial charge is 0.394 e. The van der Waals surface area contributed by atoms with Gasteiger partial charge in [0.15, 0.2) is 28.7 Å². The molecule has 0 radical (unpaired) electrons. The Kier molecular flexibility index (Phi) is 11.5. The van der Waals surface area contributed by atoms with Gasteiger partial charge in [0.2, 0.25) is 5.78 Å². The van der Waals surface area contributed by atoms with E-state index in [0.717, 1.165) is 12.6 Å². The van der Waals surface area contributed by atoms with Gasteiger partial charge in [-0.15, -0.1) is 0 Å². The third kappa shape index (κ3) is 7.97. The number of non-ortho nitro benzene ring substituents is 2. The van der Waals surface area contributed by atoms with Crippen LogP contribution >= 0.6 is 0 Å². The fourth-order valence-corrected chi connectivity index (χ4v) is 5.73. The summed E-state index contributed by atoms with van der Waals surface area (Å²) >= 11 is 0. The summed E-state index contributed by atoms with van der Waals surface area (Å²) in [6.45, 7) is 2.44. The second kappa shape index (κ2) is 16.7. The smallest absolute Gasteiger partial charge is 0.270 e. The van der Waals surface area contributed by atoms with Gasteiger partial charge < -0.3 is 19.5 Å². The van der Waals surface area contributed by atoms with Gasteiger partial charge in [0.05, 0.1) is 44.2 Å². The summed E-state index contributed by atoms with van der Waals surface area (Å²) in [4.78, 5) is 89.3. The minimum absolute atomic E-state index is 0.0771. The van der Waals surface area contributed by atoms with Crippen LogP contribution in [0.3, 0.4) is 0 Å². The lowest BCUT2D eigenvalue weighted by Gasteiger charge is -2.08. The number of ketones is 1. The Labute approximate surface area is 321 Å². The zero-order valence-electron chi connectivity index (χ0n) is 30.9. The number of likely N-dealkylation sites (N-methyl/N-ethyl adjacent to an activating group) is 2. The summed E-state index contributed by atoms with van der Waals surface area (Å²) in [6, 6.07) is 14.5. The number of nitro groups is 2. The maximum atomic E-state index is 13.0. The molecule has 2 aromatic carbocycles. The van der Waals surface area contributed by atoms with Crippen molar-refractivity contribution in [1.29, 1.82) is 0 Å². The Morgan fingerprint density at radius 3 is 1.72 bits per heavy atom. The number of nitro benzene ring substituents is 2. The molecule has 0 bridgehead atoms. The molecule has 0 unspecified atom stereocenters. The number of nitrogens with zero attached hydrogens (tertiary/aromatic N) is 11. The van der Waals surface area contributed by atoms with E-state index < -0.39 is 21.2 Å². The third-order valence-corrected chi connectivity index (χ3v) is 8.51. The quantitative estimate of drug-likeness (QED) is 0.125. The molecular weight excluding hydrogens is 744 g/mol. The molecule has 0 aliphatic carbocycles. The first-order valence-electron chi connectivity index (χ1n) is 17.0. The van der Waals surface area contributed by atoms with Gasteiger partial charge in [0.1, 0.15) is 6.61 Å². The highest BCUT2D eigenvalue weighted by Gasteiger charge is 2.33. The zero-order valence-corrected chi connectivity index (χ0v) is 30.9. The minimum atomic E-state index is -0.592. The second-order valence-electron chi connectivity index (χ2n) is 12.9. The maximum Gasteiger partial charge on any atom is 0.270 e. The van der Waals surface area contributed by atoms with Gasteiger partial charge in [-0.3, -0.25) is 43.7 Å². The predicted molar refractivity (Wildman–Crippen MR) is 206 cm³/mol. The Bertz CT molecular complexity index is 2710. The van der Waals surface area contributed by atoms with Crippen molar-refractivity contribution in [2.75, 3.05) is 54.5 Å². The van der Waals surface area contributed by atoms with Crippen molar-refractivity contribution in [1.82, 2.24) is 38.9 Å².